The third-order valence-corrected chi connectivity index (χ3v) is 5.58. The van der Waals surface area contributed by atoms with Gasteiger partial charge >= 0.3 is 0 Å². The van der Waals surface area contributed by atoms with Crippen molar-refractivity contribution in [2.45, 2.75) is 38.9 Å². The Morgan fingerprint density at radius 2 is 2.27 bits per heavy atom. The molecule has 0 spiro atoms. The van der Waals surface area contributed by atoms with Gasteiger partial charge in [-0.3, -0.25) is 4.90 Å². The highest BCUT2D eigenvalue weighted by Gasteiger charge is 2.21. The zero-order valence-corrected chi connectivity index (χ0v) is 18.3. The SMILES string of the molecule is C=CCNC(=NCc1nnc(C)n1C)NC1CCCN(Cc2ccc(F)cc2Cl)C1. The van der Waals surface area contributed by atoms with Crippen LogP contribution < -0.4 is 10.6 Å². The number of piperidine rings is 1. The molecule has 30 heavy (non-hydrogen) atoms. The summed E-state index contributed by atoms with van der Waals surface area (Å²) in [6.07, 6.45) is 3.91. The van der Waals surface area contributed by atoms with Gasteiger partial charge in [0.15, 0.2) is 11.8 Å². The molecule has 1 fully saturated rings. The van der Waals surface area contributed by atoms with E-state index in [1.807, 2.05) is 18.5 Å². The minimum Gasteiger partial charge on any atom is -0.353 e. The number of nitrogens with one attached hydrogen (secondary N) is 2. The highest BCUT2D eigenvalue weighted by molar-refractivity contribution is 6.31. The number of aromatic nitrogens is 3. The summed E-state index contributed by atoms with van der Waals surface area (Å²) in [5.74, 6) is 2.08. The lowest BCUT2D eigenvalue weighted by atomic mass is 10.0. The van der Waals surface area contributed by atoms with Gasteiger partial charge in [0, 0.05) is 37.7 Å². The first-order valence-electron chi connectivity index (χ1n) is 10.1. The normalized spacial score (nSPS) is 17.7. The van der Waals surface area contributed by atoms with Crippen LogP contribution in [-0.2, 0) is 20.1 Å². The lowest BCUT2D eigenvalue weighted by Gasteiger charge is -2.34. The van der Waals surface area contributed by atoms with Crippen molar-refractivity contribution in [1.82, 2.24) is 30.3 Å². The summed E-state index contributed by atoms with van der Waals surface area (Å²) in [4.78, 5) is 7.01. The van der Waals surface area contributed by atoms with Crippen molar-refractivity contribution in [2.75, 3.05) is 19.6 Å². The average Bonchev–Trinajstić information content (AvgIpc) is 3.04. The summed E-state index contributed by atoms with van der Waals surface area (Å²) in [5.41, 5.74) is 0.940. The smallest absolute Gasteiger partial charge is 0.192 e. The topological polar surface area (TPSA) is 70.4 Å². The van der Waals surface area contributed by atoms with Gasteiger partial charge in [0.1, 0.15) is 18.2 Å². The summed E-state index contributed by atoms with van der Waals surface area (Å²) in [7, 11) is 1.93. The molecule has 1 aliphatic rings. The molecule has 1 aliphatic heterocycles. The van der Waals surface area contributed by atoms with Gasteiger partial charge < -0.3 is 15.2 Å². The van der Waals surface area contributed by atoms with E-state index in [4.69, 9.17) is 11.6 Å². The Kier molecular flexibility index (Phi) is 7.81. The second-order valence-corrected chi connectivity index (χ2v) is 7.92. The van der Waals surface area contributed by atoms with Crippen LogP contribution in [0, 0.1) is 12.7 Å². The molecule has 162 valence electrons. The summed E-state index contributed by atoms with van der Waals surface area (Å²) in [5, 5.41) is 15.5. The molecule has 1 aromatic carbocycles. The van der Waals surface area contributed by atoms with Gasteiger partial charge in [0.2, 0.25) is 0 Å². The second kappa shape index (κ2) is 10.5. The quantitative estimate of drug-likeness (QED) is 0.399. The molecule has 0 bridgehead atoms. The average molecular weight is 434 g/mol. The van der Waals surface area contributed by atoms with Crippen molar-refractivity contribution < 1.29 is 4.39 Å². The molecule has 9 heteroatoms. The largest absolute Gasteiger partial charge is 0.353 e. The number of benzene rings is 1. The molecule has 2 heterocycles. The van der Waals surface area contributed by atoms with Crippen LogP contribution in [0.25, 0.3) is 0 Å². The van der Waals surface area contributed by atoms with Crippen LogP contribution in [-0.4, -0.2) is 51.3 Å². The monoisotopic (exact) mass is 433 g/mol. The first-order valence-corrected chi connectivity index (χ1v) is 10.5. The lowest BCUT2D eigenvalue weighted by Crippen LogP contribution is -2.51. The molecule has 1 unspecified atom stereocenters. The number of rotatable bonds is 7. The standard InChI is InChI=1S/C21H29ClFN7/c1-4-9-24-21(25-12-20-28-27-15(2)29(20)3)26-18-6-5-10-30(14-18)13-16-7-8-17(23)11-19(16)22/h4,7-8,11,18H,1,5-6,9-10,12-14H2,2-3H3,(H2,24,25,26). The highest BCUT2D eigenvalue weighted by Crippen LogP contribution is 2.21. The molecule has 3 rings (SSSR count). The van der Waals surface area contributed by atoms with Gasteiger partial charge in [0.25, 0.3) is 0 Å². The number of halogens is 2. The summed E-state index contributed by atoms with van der Waals surface area (Å²) < 4.78 is 15.2. The van der Waals surface area contributed by atoms with E-state index in [2.05, 4.69) is 37.3 Å². The van der Waals surface area contributed by atoms with Crippen LogP contribution in [0.1, 0.15) is 30.1 Å². The maximum Gasteiger partial charge on any atom is 0.192 e. The third-order valence-electron chi connectivity index (χ3n) is 5.23. The molecule has 2 aromatic rings. The van der Waals surface area contributed by atoms with Gasteiger partial charge in [-0.25, -0.2) is 9.38 Å². The Bertz CT molecular complexity index is 895. The van der Waals surface area contributed by atoms with E-state index in [0.717, 1.165) is 49.1 Å². The van der Waals surface area contributed by atoms with E-state index in [1.165, 1.54) is 12.1 Å². The zero-order valence-electron chi connectivity index (χ0n) is 17.5. The van der Waals surface area contributed by atoms with Crippen molar-refractivity contribution in [2.24, 2.45) is 12.0 Å². The predicted octanol–water partition coefficient (Wildman–Crippen LogP) is 2.80. The molecular weight excluding hydrogens is 405 g/mol. The maximum atomic E-state index is 13.3. The van der Waals surface area contributed by atoms with Gasteiger partial charge in [0.05, 0.1) is 0 Å². The lowest BCUT2D eigenvalue weighted by molar-refractivity contribution is 0.192. The molecule has 1 aromatic heterocycles. The van der Waals surface area contributed by atoms with Crippen molar-refractivity contribution in [3.8, 4) is 0 Å². The number of hydrogen-bond acceptors (Lipinski definition) is 4. The molecule has 0 saturated carbocycles. The van der Waals surface area contributed by atoms with Gasteiger partial charge in [-0.05, 0) is 44.0 Å². The highest BCUT2D eigenvalue weighted by atomic mass is 35.5. The number of aryl methyl sites for hydroxylation is 1. The number of aliphatic imine (C=N–C) groups is 1. The Morgan fingerprint density at radius 3 is 2.97 bits per heavy atom. The molecule has 0 radical (unpaired) electrons. The number of likely N-dealkylation sites (tertiary alicyclic amines) is 1. The fourth-order valence-corrected chi connectivity index (χ4v) is 3.69. The number of nitrogens with zero attached hydrogens (tertiary/aromatic N) is 5. The number of guanidine groups is 1. The molecule has 1 saturated heterocycles. The van der Waals surface area contributed by atoms with Crippen LogP contribution in [0.3, 0.4) is 0 Å². The second-order valence-electron chi connectivity index (χ2n) is 7.51. The Labute approximate surface area is 182 Å². The summed E-state index contributed by atoms with van der Waals surface area (Å²) >= 11 is 6.21. The summed E-state index contributed by atoms with van der Waals surface area (Å²) in [6.45, 7) is 9.27. The molecule has 1 atom stereocenters. The Morgan fingerprint density at radius 1 is 1.43 bits per heavy atom. The van der Waals surface area contributed by atoms with Crippen LogP contribution in [0.4, 0.5) is 4.39 Å². The van der Waals surface area contributed by atoms with Crippen molar-refractivity contribution in [3.05, 3.63) is 58.9 Å². The Hall–Kier alpha value is -2.45. The predicted molar refractivity (Wildman–Crippen MR) is 118 cm³/mol. The third kappa shape index (κ3) is 6.03. The van der Waals surface area contributed by atoms with E-state index < -0.39 is 0 Å². The van der Waals surface area contributed by atoms with E-state index in [9.17, 15) is 4.39 Å². The summed E-state index contributed by atoms with van der Waals surface area (Å²) in [6, 6.07) is 4.83. The number of hydrogen-bond donors (Lipinski definition) is 2. The molecular formula is C21H29ClFN7. The van der Waals surface area contributed by atoms with Crippen molar-refractivity contribution in [1.29, 1.82) is 0 Å². The molecule has 0 amide bonds. The van der Waals surface area contributed by atoms with Crippen LogP contribution in [0.2, 0.25) is 5.02 Å². The van der Waals surface area contributed by atoms with Gasteiger partial charge in [-0.1, -0.05) is 23.7 Å². The molecule has 7 nitrogen and oxygen atoms in total. The molecule has 2 N–H and O–H groups in total. The van der Waals surface area contributed by atoms with Crippen LogP contribution >= 0.6 is 11.6 Å². The van der Waals surface area contributed by atoms with E-state index in [-0.39, 0.29) is 11.9 Å². The van der Waals surface area contributed by atoms with E-state index >= 15 is 0 Å². The minimum atomic E-state index is -0.311. The van der Waals surface area contributed by atoms with Crippen molar-refractivity contribution in [3.63, 3.8) is 0 Å². The van der Waals surface area contributed by atoms with E-state index in [1.54, 1.807) is 12.1 Å². The van der Waals surface area contributed by atoms with Crippen molar-refractivity contribution >= 4 is 17.6 Å². The van der Waals surface area contributed by atoms with Gasteiger partial charge in [-0.15, -0.1) is 16.8 Å². The maximum absolute atomic E-state index is 13.3. The van der Waals surface area contributed by atoms with Crippen LogP contribution in [0.5, 0.6) is 0 Å². The fraction of sp³-hybridized carbons (Fsp3) is 0.476. The first kappa shape index (κ1) is 22.2. The Balaban J connectivity index is 1.62. The molecule has 0 aliphatic carbocycles. The zero-order chi connectivity index (χ0) is 21.5. The fourth-order valence-electron chi connectivity index (χ4n) is 3.46. The van der Waals surface area contributed by atoms with E-state index in [0.29, 0.717) is 24.7 Å². The first-order chi connectivity index (χ1) is 14.5. The van der Waals surface area contributed by atoms with Crippen LogP contribution in [0.15, 0.2) is 35.8 Å². The van der Waals surface area contributed by atoms with Gasteiger partial charge in [-0.2, -0.15) is 0 Å². The minimum absolute atomic E-state index is 0.246.